The maximum atomic E-state index is 15.2. The molecule has 0 aromatic heterocycles. The summed E-state index contributed by atoms with van der Waals surface area (Å²) < 4.78 is 210. The molecule has 0 radical (unpaired) electrons. The smallest absolute Gasteiger partial charge is 0.308 e. The first-order valence-electron chi connectivity index (χ1n) is 24.1. The Bertz CT molecular complexity index is 2050. The number of aliphatic hydroxyl groups is 1. The van der Waals surface area contributed by atoms with E-state index in [1.807, 2.05) is 0 Å². The van der Waals surface area contributed by atoms with E-state index in [-0.39, 0.29) is 5.57 Å². The molecule has 0 bridgehead atoms. The Morgan fingerprint density at radius 1 is 1.36 bits per heavy atom. The Hall–Kier alpha value is -1.83. The van der Waals surface area contributed by atoms with Gasteiger partial charge in [-0.15, -0.1) is 0 Å². The van der Waals surface area contributed by atoms with Crippen LogP contribution in [0.2, 0.25) is 0 Å². The van der Waals surface area contributed by atoms with Crippen LogP contribution in [0.15, 0.2) is 23.8 Å². The predicted molar refractivity (Wildman–Crippen MR) is 143 cm³/mol. The maximum Gasteiger partial charge on any atom is 0.308 e. The number of rotatable bonds is 5. The van der Waals surface area contributed by atoms with Crippen LogP contribution in [0, 0.1) is 40.4 Å². The Morgan fingerprint density at radius 2 is 2.18 bits per heavy atom. The summed E-state index contributed by atoms with van der Waals surface area (Å²) in [6, 6.07) is -1.52. The Morgan fingerprint density at radius 3 is 2.97 bits per heavy atom. The second kappa shape index (κ2) is 9.63. The maximum absolute atomic E-state index is 15.2. The molecule has 10 atom stereocenters. The second-order valence-electron chi connectivity index (χ2n) is 11.1. The Balaban J connectivity index is 1.57. The number of carbonyl (C=O) groups is 3. The van der Waals surface area contributed by atoms with Crippen LogP contribution in [0.1, 0.15) is 117 Å². The van der Waals surface area contributed by atoms with Crippen molar-refractivity contribution < 1.29 is 65.2 Å². The average molecular weight is 564 g/mol. The SMILES string of the molecule is [2H]C1=C[C@@]2(C)C(=C([2H])C1=O)C([2H])([2H])C[C@@H]1[C@@H]2[C@@H](O)C[C@@]2(C)[C@H]1C[C@H]1O[C@@]([2H])(C3([2H])CC([2H])([2H])C([2H])([2H])C([2H])([2H])C3([2H])[2H])O[C@]12C(=O)C([2H])([2H])OC(=O)C([2H])(C([2H])([2H])[2H])C([2H])([2H])[2H]. The molecule has 5 fully saturated rings. The van der Waals surface area contributed by atoms with Crippen molar-refractivity contribution in [2.24, 2.45) is 40.4 Å². The van der Waals surface area contributed by atoms with Crippen LogP contribution >= 0.6 is 0 Å². The van der Waals surface area contributed by atoms with Crippen LogP contribution in [0.5, 0.6) is 0 Å². The van der Waals surface area contributed by atoms with E-state index in [9.17, 15) is 17.4 Å². The molecule has 7 heteroatoms. The highest BCUT2D eigenvalue weighted by Crippen LogP contribution is 2.70. The molecule has 7 nitrogen and oxygen atoms in total. The fraction of sp³-hybridized carbons (Fsp3) is 0.781. The molecule has 0 aromatic rings. The lowest BCUT2D eigenvalue weighted by Crippen LogP contribution is -2.63. The highest BCUT2D eigenvalue weighted by atomic mass is 16.7. The van der Waals surface area contributed by atoms with E-state index in [2.05, 4.69) is 4.74 Å². The minimum Gasteiger partial charge on any atom is -0.457 e. The quantitative estimate of drug-likeness (QED) is 0.484. The second-order valence-corrected chi connectivity index (χ2v) is 11.1. The molecule has 214 valence electrons. The lowest BCUT2D eigenvalue weighted by atomic mass is 9.46. The third kappa shape index (κ3) is 3.97. The summed E-state index contributed by atoms with van der Waals surface area (Å²) in [5.74, 6) is -17.5. The number of ketones is 2. The van der Waals surface area contributed by atoms with E-state index < -0.39 is 172 Å². The van der Waals surface area contributed by atoms with Gasteiger partial charge in [0.2, 0.25) is 5.78 Å². The van der Waals surface area contributed by atoms with Crippen molar-refractivity contribution in [2.45, 2.75) is 109 Å². The molecule has 39 heavy (non-hydrogen) atoms. The fourth-order valence-electron chi connectivity index (χ4n) is 7.62. The number of carbonyl (C=O) groups excluding carboxylic acids is 3. The van der Waals surface area contributed by atoms with E-state index in [1.165, 1.54) is 6.92 Å². The van der Waals surface area contributed by atoms with Gasteiger partial charge in [-0.3, -0.25) is 14.4 Å². The molecule has 1 saturated heterocycles. The van der Waals surface area contributed by atoms with Gasteiger partial charge in [-0.05, 0) is 62.4 Å². The van der Waals surface area contributed by atoms with Crippen molar-refractivity contribution in [1.82, 2.24) is 0 Å². The number of aliphatic hydroxyl groups excluding tert-OH is 1. The molecule has 1 unspecified atom stereocenters. The molecule has 0 amide bonds. The van der Waals surface area contributed by atoms with Crippen LogP contribution < -0.4 is 0 Å². The zero-order chi connectivity index (χ0) is 48.0. The van der Waals surface area contributed by atoms with Crippen LogP contribution in [0.4, 0.5) is 0 Å². The normalized spacial score (nSPS) is 67.4. The first kappa shape index (κ1) is 11.4. The molecular weight excluding hydrogens is 496 g/mol. The largest absolute Gasteiger partial charge is 0.457 e. The monoisotopic (exact) mass is 563 g/mol. The third-order valence-corrected chi connectivity index (χ3v) is 9.26. The number of hydrogen-bond acceptors (Lipinski definition) is 7. The lowest BCUT2D eigenvalue weighted by molar-refractivity contribution is -0.210. The van der Waals surface area contributed by atoms with E-state index in [4.69, 9.17) is 38.3 Å². The van der Waals surface area contributed by atoms with Crippen LogP contribution in [-0.2, 0) is 28.6 Å². The van der Waals surface area contributed by atoms with Crippen molar-refractivity contribution in [3.05, 3.63) is 23.8 Å². The van der Waals surface area contributed by atoms with E-state index in [0.29, 0.717) is 0 Å². The summed E-state index contributed by atoms with van der Waals surface area (Å²) >= 11 is 0. The lowest BCUT2D eigenvalue weighted by Gasteiger charge is -2.59. The van der Waals surface area contributed by atoms with Gasteiger partial charge in [0.25, 0.3) is 0 Å². The van der Waals surface area contributed by atoms with Crippen molar-refractivity contribution in [1.29, 1.82) is 0 Å². The molecule has 6 rings (SSSR count). The van der Waals surface area contributed by atoms with Crippen molar-refractivity contribution in [3.63, 3.8) is 0 Å². The van der Waals surface area contributed by atoms with Crippen LogP contribution in [0.25, 0.3) is 0 Å². The van der Waals surface area contributed by atoms with E-state index in [0.717, 1.165) is 13.0 Å². The Kier molecular flexibility index (Phi) is 2.83. The van der Waals surface area contributed by atoms with Gasteiger partial charge in [0, 0.05) is 47.3 Å². The zero-order valence-corrected chi connectivity index (χ0v) is 21.2. The van der Waals surface area contributed by atoms with Gasteiger partial charge < -0.3 is 19.3 Å². The minimum absolute atomic E-state index is 0.360. The molecule has 1 heterocycles. The third-order valence-electron chi connectivity index (χ3n) is 9.26. The summed E-state index contributed by atoms with van der Waals surface area (Å²) in [7, 11) is 0. The van der Waals surface area contributed by atoms with Crippen LogP contribution in [-0.4, -0.2) is 53.3 Å². The van der Waals surface area contributed by atoms with Gasteiger partial charge >= 0.3 is 5.97 Å². The van der Waals surface area contributed by atoms with Crippen LogP contribution in [0.3, 0.4) is 0 Å². The van der Waals surface area contributed by atoms with E-state index in [1.54, 1.807) is 0 Å². The number of fused-ring (bicyclic) bond motifs is 7. The molecule has 0 aromatic carbocycles. The topological polar surface area (TPSA) is 99.1 Å². The standard InChI is InChI=1S/C32H44O7/c1-18(2)28(36)37-17-25(35)32-26(38-29(39-32)19-8-6-5-7-9-19)15-23-22-11-10-20-14-21(33)12-13-30(20,3)27(22)24(34)16-31(23,32)4/h12-14,18-19,22-24,26-27,29,34H,5-11,15-17H2,1-4H3/t22-,23-,24-,26+,27+,29+,30-,31-,32+/m0/s1/i1D3,2D3,5D2,6D2,7D2,8D2,10D2,12D,14D,17D2,18D,19D,29D/t19?,22-,23-,24-,26+,27+,29+,30-,31-,32+. The number of hydrogen-bond donors (Lipinski definition) is 1. The van der Waals surface area contributed by atoms with Gasteiger partial charge in [0.05, 0.1) is 25.0 Å². The molecule has 1 N–H and O–H groups in total. The summed E-state index contributed by atoms with van der Waals surface area (Å²) in [5, 5.41) is 12.2. The number of allylic oxidation sites excluding steroid dienone is 4. The summed E-state index contributed by atoms with van der Waals surface area (Å²) in [6.07, 6.45) is -28.2. The molecule has 1 aliphatic heterocycles. The summed E-state index contributed by atoms with van der Waals surface area (Å²) in [4.78, 5) is 41.4. The first-order chi connectivity index (χ1) is 27.3. The van der Waals surface area contributed by atoms with Gasteiger partial charge in [-0.25, -0.2) is 0 Å². The average Bonchev–Trinajstić information content (AvgIpc) is 3.51. The predicted octanol–water partition coefficient (Wildman–Crippen LogP) is 4.70. The highest BCUT2D eigenvalue weighted by molar-refractivity contribution is 6.01. The van der Waals surface area contributed by atoms with Crippen molar-refractivity contribution in [3.8, 4) is 0 Å². The fourth-order valence-corrected chi connectivity index (χ4v) is 7.62. The van der Waals surface area contributed by atoms with Gasteiger partial charge in [-0.1, -0.05) is 58.3 Å². The highest BCUT2D eigenvalue weighted by Gasteiger charge is 2.76. The first-order valence-corrected chi connectivity index (χ1v) is 12.6. The molecular formula is C32H44O7. The van der Waals surface area contributed by atoms with Crippen molar-refractivity contribution in [2.75, 3.05) is 6.56 Å². The van der Waals surface area contributed by atoms with Gasteiger partial charge in [0.1, 0.15) is 0 Å². The van der Waals surface area contributed by atoms with Gasteiger partial charge in [0.15, 0.2) is 24.2 Å². The zero-order valence-electron chi connectivity index (χ0n) is 44.2. The Labute approximate surface area is 264 Å². The molecule has 4 saturated carbocycles. The molecule has 5 aliphatic carbocycles. The number of ether oxygens (including phenoxy) is 3. The number of esters is 1. The molecule has 6 aliphatic rings. The van der Waals surface area contributed by atoms with Gasteiger partial charge in [-0.2, -0.15) is 0 Å². The molecule has 0 spiro atoms. The van der Waals surface area contributed by atoms with E-state index >= 15 is 4.79 Å². The minimum atomic E-state index is -4.30. The summed E-state index contributed by atoms with van der Waals surface area (Å²) in [6.45, 7) is -9.88. The van der Waals surface area contributed by atoms with Crippen molar-refractivity contribution >= 4 is 17.5 Å². The summed E-state index contributed by atoms with van der Waals surface area (Å²) in [5.41, 5.74) is -7.65. The number of Topliss-reactive ketones (excluding diaryl/α,β-unsaturated/α-hetero) is 1.